The van der Waals surface area contributed by atoms with Gasteiger partial charge in [-0.05, 0) is 48.4 Å². The first-order valence-electron chi connectivity index (χ1n) is 8.67. The maximum Gasteiger partial charge on any atom is 0.244 e. The minimum Gasteiger partial charge on any atom is -0.491 e. The van der Waals surface area contributed by atoms with Gasteiger partial charge in [0, 0.05) is 32.4 Å². The third kappa shape index (κ3) is 5.93. The van der Waals surface area contributed by atoms with Gasteiger partial charge in [0.2, 0.25) is 5.91 Å². The number of carbonyl (C=O) groups excluding carboxylic acids is 1. The van der Waals surface area contributed by atoms with Crippen LogP contribution in [0, 0.1) is 0 Å². The number of hydrogen-bond donors (Lipinski definition) is 1. The van der Waals surface area contributed by atoms with Gasteiger partial charge in [0.1, 0.15) is 0 Å². The van der Waals surface area contributed by atoms with Gasteiger partial charge in [-0.25, -0.2) is 0 Å². The van der Waals surface area contributed by atoms with E-state index in [4.69, 9.17) is 21.1 Å². The average Bonchev–Trinajstić information content (AvgIpc) is 2.65. The Bertz CT molecular complexity index is 802. The lowest BCUT2D eigenvalue weighted by molar-refractivity contribution is -0.116. The van der Waals surface area contributed by atoms with Crippen LogP contribution in [0.1, 0.15) is 18.1 Å². The molecule has 6 heteroatoms. The van der Waals surface area contributed by atoms with Crippen LogP contribution in [-0.2, 0) is 11.3 Å². The topological polar surface area (TPSA) is 50.8 Å². The third-order valence-electron chi connectivity index (χ3n) is 3.88. The van der Waals surface area contributed by atoms with E-state index in [0.29, 0.717) is 29.7 Å². The van der Waals surface area contributed by atoms with Gasteiger partial charge < -0.3 is 19.7 Å². The van der Waals surface area contributed by atoms with Gasteiger partial charge in [-0.2, -0.15) is 0 Å². The molecule has 2 aromatic rings. The number of carbonyl (C=O) groups is 1. The number of methoxy groups -OCH3 is 1. The molecule has 0 atom stereocenters. The number of rotatable bonds is 8. The van der Waals surface area contributed by atoms with Crippen LogP contribution in [0.5, 0.6) is 11.5 Å². The second kappa shape index (κ2) is 9.88. The van der Waals surface area contributed by atoms with Gasteiger partial charge in [-0.3, -0.25) is 4.79 Å². The van der Waals surface area contributed by atoms with Gasteiger partial charge in [-0.15, -0.1) is 0 Å². The number of hydrogen-bond acceptors (Lipinski definition) is 4. The van der Waals surface area contributed by atoms with Crippen molar-refractivity contribution in [3.8, 4) is 11.5 Å². The molecule has 5 nitrogen and oxygen atoms in total. The van der Waals surface area contributed by atoms with Gasteiger partial charge in [0.05, 0.1) is 18.7 Å². The predicted molar refractivity (Wildman–Crippen MR) is 111 cm³/mol. The Labute approximate surface area is 165 Å². The number of benzene rings is 2. The molecule has 0 fully saturated rings. The molecule has 144 valence electrons. The summed E-state index contributed by atoms with van der Waals surface area (Å²) in [4.78, 5) is 14.1. The monoisotopic (exact) mass is 388 g/mol. The maximum atomic E-state index is 12.1. The zero-order valence-corrected chi connectivity index (χ0v) is 16.8. The van der Waals surface area contributed by atoms with Crippen molar-refractivity contribution < 1.29 is 14.3 Å². The highest BCUT2D eigenvalue weighted by Crippen LogP contribution is 2.36. The molecule has 1 N–H and O–H groups in total. The normalized spacial score (nSPS) is 10.7. The standard InChI is InChI=1S/C21H25ClN2O3/c1-5-27-19-13-16(12-18(22)21(19)26-4)8-11-20(25)23-14-15-6-9-17(10-7-15)24(2)3/h6-13H,5,14H2,1-4H3,(H,23,25)/b11-8+. The van der Waals surface area contributed by atoms with E-state index in [1.54, 1.807) is 18.2 Å². The van der Waals surface area contributed by atoms with Crippen molar-refractivity contribution in [3.63, 3.8) is 0 Å². The second-order valence-corrected chi connectivity index (χ2v) is 6.49. The molecule has 2 aromatic carbocycles. The zero-order chi connectivity index (χ0) is 19.8. The molecule has 0 saturated heterocycles. The zero-order valence-electron chi connectivity index (χ0n) is 16.1. The molecule has 0 heterocycles. The maximum absolute atomic E-state index is 12.1. The first kappa shape index (κ1) is 20.6. The Morgan fingerprint density at radius 1 is 1.22 bits per heavy atom. The van der Waals surface area contributed by atoms with E-state index >= 15 is 0 Å². The van der Waals surface area contributed by atoms with E-state index in [0.717, 1.165) is 16.8 Å². The van der Waals surface area contributed by atoms with E-state index in [1.807, 2.05) is 50.2 Å². The first-order valence-corrected chi connectivity index (χ1v) is 9.05. The second-order valence-electron chi connectivity index (χ2n) is 6.08. The minimum atomic E-state index is -0.184. The molecule has 0 aliphatic heterocycles. The van der Waals surface area contributed by atoms with E-state index in [9.17, 15) is 4.79 Å². The van der Waals surface area contributed by atoms with Crippen LogP contribution in [0.4, 0.5) is 5.69 Å². The molecular formula is C21H25ClN2O3. The highest BCUT2D eigenvalue weighted by molar-refractivity contribution is 6.32. The van der Waals surface area contributed by atoms with Crippen molar-refractivity contribution in [2.75, 3.05) is 32.7 Å². The quantitative estimate of drug-likeness (QED) is 0.690. The lowest BCUT2D eigenvalue weighted by atomic mass is 10.1. The number of nitrogens with one attached hydrogen (secondary N) is 1. The van der Waals surface area contributed by atoms with E-state index < -0.39 is 0 Å². The predicted octanol–water partition coefficient (Wildman–Crippen LogP) is 4.14. The molecule has 0 aliphatic carbocycles. The molecule has 1 amide bonds. The Morgan fingerprint density at radius 2 is 1.93 bits per heavy atom. The Hall–Kier alpha value is -2.66. The molecule has 0 aliphatic rings. The van der Waals surface area contributed by atoms with Crippen LogP contribution in [0.3, 0.4) is 0 Å². The SMILES string of the molecule is CCOc1cc(/C=C/C(=O)NCc2ccc(N(C)C)cc2)cc(Cl)c1OC. The van der Waals surface area contributed by atoms with Crippen molar-refractivity contribution in [2.24, 2.45) is 0 Å². The Morgan fingerprint density at radius 3 is 2.52 bits per heavy atom. The molecular weight excluding hydrogens is 364 g/mol. The molecule has 0 spiro atoms. The number of nitrogens with zero attached hydrogens (tertiary/aromatic N) is 1. The summed E-state index contributed by atoms with van der Waals surface area (Å²) < 4.78 is 10.8. The number of halogens is 1. The highest BCUT2D eigenvalue weighted by atomic mass is 35.5. The van der Waals surface area contributed by atoms with Crippen LogP contribution in [0.2, 0.25) is 5.02 Å². The summed E-state index contributed by atoms with van der Waals surface area (Å²) in [7, 11) is 5.52. The Balaban J connectivity index is 1.99. The molecule has 27 heavy (non-hydrogen) atoms. The summed E-state index contributed by atoms with van der Waals surface area (Å²) in [5, 5.41) is 3.30. The molecule has 0 bridgehead atoms. The van der Waals surface area contributed by atoms with Crippen LogP contribution in [0.25, 0.3) is 6.08 Å². The van der Waals surface area contributed by atoms with E-state index in [2.05, 4.69) is 5.32 Å². The molecule has 0 unspecified atom stereocenters. The van der Waals surface area contributed by atoms with Crippen LogP contribution >= 0.6 is 11.6 Å². The number of amides is 1. The molecule has 0 aromatic heterocycles. The summed E-state index contributed by atoms with van der Waals surface area (Å²) in [5.74, 6) is 0.853. The number of ether oxygens (including phenoxy) is 2. The molecule has 2 rings (SSSR count). The van der Waals surface area contributed by atoms with Crippen LogP contribution < -0.4 is 19.7 Å². The fourth-order valence-electron chi connectivity index (χ4n) is 2.48. The first-order chi connectivity index (χ1) is 12.9. The lowest BCUT2D eigenvalue weighted by Gasteiger charge is -2.12. The lowest BCUT2D eigenvalue weighted by Crippen LogP contribution is -2.20. The minimum absolute atomic E-state index is 0.184. The molecule has 0 radical (unpaired) electrons. The number of anilines is 1. The van der Waals surface area contributed by atoms with Crippen molar-refractivity contribution in [2.45, 2.75) is 13.5 Å². The summed E-state index contributed by atoms with van der Waals surface area (Å²) in [6.07, 6.45) is 3.17. The smallest absolute Gasteiger partial charge is 0.244 e. The summed E-state index contributed by atoms with van der Waals surface area (Å²) >= 11 is 6.22. The summed E-state index contributed by atoms with van der Waals surface area (Å²) in [5.41, 5.74) is 2.91. The fraction of sp³-hybridized carbons (Fsp3) is 0.286. The van der Waals surface area contributed by atoms with Crippen molar-refractivity contribution in [1.82, 2.24) is 5.32 Å². The third-order valence-corrected chi connectivity index (χ3v) is 4.16. The molecule has 0 saturated carbocycles. The van der Waals surface area contributed by atoms with Crippen molar-refractivity contribution >= 4 is 29.3 Å². The van der Waals surface area contributed by atoms with Gasteiger partial charge in [0.25, 0.3) is 0 Å². The summed E-state index contributed by atoms with van der Waals surface area (Å²) in [6.45, 7) is 2.84. The van der Waals surface area contributed by atoms with Crippen LogP contribution in [0.15, 0.2) is 42.5 Å². The Kier molecular flexibility index (Phi) is 7.55. The van der Waals surface area contributed by atoms with Gasteiger partial charge >= 0.3 is 0 Å². The van der Waals surface area contributed by atoms with Crippen molar-refractivity contribution in [3.05, 3.63) is 58.6 Å². The fourth-order valence-corrected chi connectivity index (χ4v) is 2.77. The largest absolute Gasteiger partial charge is 0.491 e. The van der Waals surface area contributed by atoms with Crippen LogP contribution in [-0.4, -0.2) is 33.7 Å². The van der Waals surface area contributed by atoms with Gasteiger partial charge in [0.15, 0.2) is 11.5 Å². The average molecular weight is 389 g/mol. The van der Waals surface area contributed by atoms with E-state index in [1.165, 1.54) is 13.2 Å². The van der Waals surface area contributed by atoms with E-state index in [-0.39, 0.29) is 5.91 Å². The summed E-state index contributed by atoms with van der Waals surface area (Å²) in [6, 6.07) is 11.6. The highest BCUT2D eigenvalue weighted by Gasteiger charge is 2.10. The van der Waals surface area contributed by atoms with Crippen molar-refractivity contribution in [1.29, 1.82) is 0 Å². The van der Waals surface area contributed by atoms with Gasteiger partial charge in [-0.1, -0.05) is 23.7 Å².